The number of unbranched alkanes of at least 4 members (excludes halogenated alkanes) is 1. The van der Waals surface area contributed by atoms with Crippen molar-refractivity contribution in [2.24, 2.45) is 5.73 Å². The minimum Gasteiger partial charge on any atom is -0.377 e. The molecule has 6 heteroatoms. The summed E-state index contributed by atoms with van der Waals surface area (Å²) in [5, 5.41) is 0. The molecule has 0 fully saturated rings. The summed E-state index contributed by atoms with van der Waals surface area (Å²) in [4.78, 5) is 0. The van der Waals surface area contributed by atoms with Crippen molar-refractivity contribution < 1.29 is 13.3 Å². The summed E-state index contributed by atoms with van der Waals surface area (Å²) < 4.78 is 15.7. The molecular formula is C7H23NO3Si2. The Morgan fingerprint density at radius 3 is 1.77 bits per heavy atom. The molecule has 0 bridgehead atoms. The second-order valence-corrected chi connectivity index (χ2v) is 5.63. The van der Waals surface area contributed by atoms with Crippen LogP contribution in [0.15, 0.2) is 0 Å². The zero-order valence-electron chi connectivity index (χ0n) is 8.13. The largest absolute Gasteiger partial charge is 0.500 e. The Morgan fingerprint density at radius 2 is 1.46 bits per heavy atom. The van der Waals surface area contributed by atoms with Gasteiger partial charge in [0, 0.05) is 27.4 Å². The molecule has 4 nitrogen and oxygen atoms in total. The fourth-order valence-electron chi connectivity index (χ4n) is 1.04. The van der Waals surface area contributed by atoms with Crippen LogP contribution in [0.5, 0.6) is 0 Å². The molecule has 0 saturated heterocycles. The van der Waals surface area contributed by atoms with Crippen molar-refractivity contribution in [1.82, 2.24) is 0 Å². The van der Waals surface area contributed by atoms with Gasteiger partial charge in [0.15, 0.2) is 0 Å². The van der Waals surface area contributed by atoms with E-state index in [0.717, 1.165) is 18.9 Å². The number of hydrogen-bond donors (Lipinski definition) is 1. The maximum absolute atomic E-state index is 5.38. The number of hydrogen-bond acceptors (Lipinski definition) is 4. The van der Waals surface area contributed by atoms with Crippen LogP contribution in [0, 0.1) is 0 Å². The first kappa shape index (κ1) is 15.7. The average molecular weight is 225 g/mol. The van der Waals surface area contributed by atoms with Crippen molar-refractivity contribution in [2.75, 3.05) is 27.9 Å². The zero-order valence-corrected chi connectivity index (χ0v) is 9.13. The fraction of sp³-hybridized carbons (Fsp3) is 1.00. The van der Waals surface area contributed by atoms with Crippen LogP contribution in [0.3, 0.4) is 0 Å². The summed E-state index contributed by atoms with van der Waals surface area (Å²) in [6.07, 6.45) is 1.99. The third kappa shape index (κ3) is 5.55. The van der Waals surface area contributed by atoms with Crippen molar-refractivity contribution >= 4 is 19.8 Å². The molecule has 0 aromatic carbocycles. The molecule has 0 amide bonds. The summed E-state index contributed by atoms with van der Waals surface area (Å²) in [6, 6.07) is 0.841. The molecule has 0 aliphatic carbocycles. The van der Waals surface area contributed by atoms with Gasteiger partial charge in [-0.25, -0.2) is 0 Å². The maximum Gasteiger partial charge on any atom is 0.500 e. The van der Waals surface area contributed by atoms with E-state index in [1.807, 2.05) is 0 Å². The molecule has 0 spiro atoms. The number of nitrogens with two attached hydrogens (primary N) is 1. The maximum atomic E-state index is 5.38. The van der Waals surface area contributed by atoms with E-state index in [1.54, 1.807) is 21.3 Å². The Morgan fingerprint density at radius 1 is 1.00 bits per heavy atom. The van der Waals surface area contributed by atoms with Crippen molar-refractivity contribution in [1.29, 1.82) is 0 Å². The van der Waals surface area contributed by atoms with Gasteiger partial charge < -0.3 is 19.0 Å². The van der Waals surface area contributed by atoms with E-state index in [2.05, 4.69) is 0 Å². The van der Waals surface area contributed by atoms with E-state index >= 15 is 0 Å². The smallest absolute Gasteiger partial charge is 0.377 e. The highest BCUT2D eigenvalue weighted by molar-refractivity contribution is 6.60. The highest BCUT2D eigenvalue weighted by atomic mass is 28.4. The van der Waals surface area contributed by atoms with Crippen molar-refractivity contribution in [3.8, 4) is 0 Å². The zero-order chi connectivity index (χ0) is 9.45. The molecule has 82 valence electrons. The van der Waals surface area contributed by atoms with Gasteiger partial charge in [-0.1, -0.05) is 0 Å². The summed E-state index contributed by atoms with van der Waals surface area (Å²) >= 11 is 0. The Hall–Kier alpha value is 0.274. The minimum absolute atomic E-state index is 0. The average Bonchev–Trinajstić information content (AvgIpc) is 2.14. The predicted octanol–water partition coefficient (Wildman–Crippen LogP) is -0.848. The highest BCUT2D eigenvalue weighted by Crippen LogP contribution is 2.15. The van der Waals surface area contributed by atoms with Gasteiger partial charge in [-0.2, -0.15) is 0 Å². The van der Waals surface area contributed by atoms with E-state index in [1.165, 1.54) is 0 Å². The second kappa shape index (κ2) is 8.85. The minimum atomic E-state index is -2.31. The molecule has 0 rings (SSSR count). The lowest BCUT2D eigenvalue weighted by Gasteiger charge is -2.23. The molecule has 0 aromatic rings. The van der Waals surface area contributed by atoms with Crippen LogP contribution in [-0.2, 0) is 13.3 Å². The van der Waals surface area contributed by atoms with Gasteiger partial charge in [-0.05, 0) is 30.4 Å². The van der Waals surface area contributed by atoms with Crippen LogP contribution in [0.25, 0.3) is 0 Å². The molecule has 0 radical (unpaired) electrons. The summed E-state index contributed by atoms with van der Waals surface area (Å²) in [7, 11) is 2.57. The van der Waals surface area contributed by atoms with Crippen LogP contribution >= 0.6 is 0 Å². The van der Waals surface area contributed by atoms with Gasteiger partial charge in [-0.3, -0.25) is 0 Å². The van der Waals surface area contributed by atoms with Gasteiger partial charge in [0.2, 0.25) is 0 Å². The third-order valence-corrected chi connectivity index (χ3v) is 4.70. The molecule has 0 aliphatic rings. The quantitative estimate of drug-likeness (QED) is 0.453. The van der Waals surface area contributed by atoms with Crippen LogP contribution in [0.2, 0.25) is 6.04 Å². The van der Waals surface area contributed by atoms with Gasteiger partial charge in [0.05, 0.1) is 0 Å². The van der Waals surface area contributed by atoms with E-state index in [0.29, 0.717) is 6.54 Å². The molecule has 0 atom stereocenters. The molecule has 0 aromatic heterocycles. The highest BCUT2D eigenvalue weighted by Gasteiger charge is 2.36. The normalized spacial score (nSPS) is 11.1. The molecule has 0 heterocycles. The Balaban J connectivity index is 0. The SMILES string of the molecule is CO[Si](CCCCN)(OC)OC.[SiH4]. The first-order chi connectivity index (χ1) is 5.74. The lowest BCUT2D eigenvalue weighted by molar-refractivity contribution is 0.123. The van der Waals surface area contributed by atoms with Gasteiger partial charge in [0.1, 0.15) is 0 Å². The Bertz CT molecular complexity index is 104. The fourth-order valence-corrected chi connectivity index (χ4v) is 2.84. The van der Waals surface area contributed by atoms with Crippen LogP contribution < -0.4 is 5.73 Å². The molecule has 0 saturated carbocycles. The second-order valence-electron chi connectivity index (χ2n) is 2.54. The topological polar surface area (TPSA) is 53.7 Å². The van der Waals surface area contributed by atoms with E-state index in [-0.39, 0.29) is 11.0 Å². The standard InChI is InChI=1S/C7H19NO3Si.H4Si/c1-9-12(10-2,11-3)7-5-4-6-8;/h4-8H2,1-3H3;1H4. The third-order valence-electron chi connectivity index (χ3n) is 1.87. The Labute approximate surface area is 86.1 Å². The van der Waals surface area contributed by atoms with Gasteiger partial charge >= 0.3 is 8.80 Å². The molecule has 0 unspecified atom stereocenters. The van der Waals surface area contributed by atoms with Crippen LogP contribution in [-0.4, -0.2) is 47.6 Å². The monoisotopic (exact) mass is 225 g/mol. The Kier molecular flexibility index (Phi) is 10.7. The van der Waals surface area contributed by atoms with Crippen molar-refractivity contribution in [2.45, 2.75) is 18.9 Å². The molecule has 2 N–H and O–H groups in total. The van der Waals surface area contributed by atoms with Gasteiger partial charge in [-0.15, -0.1) is 0 Å². The first-order valence-electron chi connectivity index (χ1n) is 4.10. The lowest BCUT2D eigenvalue weighted by Crippen LogP contribution is -2.42. The lowest BCUT2D eigenvalue weighted by atomic mass is 10.3. The summed E-state index contributed by atoms with van der Waals surface area (Å²) in [5.41, 5.74) is 5.38. The summed E-state index contributed by atoms with van der Waals surface area (Å²) in [6.45, 7) is 0.710. The van der Waals surface area contributed by atoms with Crippen molar-refractivity contribution in [3.63, 3.8) is 0 Å². The van der Waals surface area contributed by atoms with E-state index in [9.17, 15) is 0 Å². The number of rotatable bonds is 7. The molecule has 13 heavy (non-hydrogen) atoms. The van der Waals surface area contributed by atoms with Crippen LogP contribution in [0.4, 0.5) is 0 Å². The van der Waals surface area contributed by atoms with E-state index < -0.39 is 8.80 Å². The van der Waals surface area contributed by atoms with E-state index in [4.69, 9.17) is 19.0 Å². The van der Waals surface area contributed by atoms with Crippen LogP contribution in [0.1, 0.15) is 12.8 Å². The molecule has 0 aliphatic heterocycles. The van der Waals surface area contributed by atoms with Gasteiger partial charge in [0.25, 0.3) is 0 Å². The first-order valence-corrected chi connectivity index (χ1v) is 6.03. The van der Waals surface area contributed by atoms with Crippen molar-refractivity contribution in [3.05, 3.63) is 0 Å². The predicted molar refractivity (Wildman–Crippen MR) is 61.2 cm³/mol. The summed E-state index contributed by atoms with van der Waals surface area (Å²) in [5.74, 6) is 0. The molecular weight excluding hydrogens is 202 g/mol.